The van der Waals surface area contributed by atoms with Crippen molar-refractivity contribution in [3.8, 4) is 11.5 Å². The number of carbonyl (C=O) groups is 3. The highest BCUT2D eigenvalue weighted by Crippen LogP contribution is 2.19. The van der Waals surface area contributed by atoms with Gasteiger partial charge in [-0.2, -0.15) is 5.10 Å². The number of thiophene rings is 1. The topological polar surface area (TPSA) is 106 Å². The van der Waals surface area contributed by atoms with E-state index in [2.05, 4.69) is 15.8 Å². The number of para-hydroxylation sites is 1. The van der Waals surface area contributed by atoms with Gasteiger partial charge in [-0.1, -0.05) is 18.2 Å². The SMILES string of the molecule is CCOc1ccc(NC(=O)C(=O)N/N=C/c2ccccc2OC(=O)c2cccs2)cc1. The Bertz CT molecular complexity index is 1080. The zero-order valence-corrected chi connectivity index (χ0v) is 17.3. The Morgan fingerprint density at radius 2 is 1.77 bits per heavy atom. The third-order valence-corrected chi connectivity index (χ3v) is 4.69. The van der Waals surface area contributed by atoms with E-state index >= 15 is 0 Å². The molecule has 2 amide bonds. The molecule has 0 aliphatic heterocycles. The molecule has 1 aromatic heterocycles. The first kappa shape index (κ1) is 21.7. The van der Waals surface area contributed by atoms with Crippen LogP contribution in [0.4, 0.5) is 5.69 Å². The second-order valence-corrected chi connectivity index (χ2v) is 6.96. The van der Waals surface area contributed by atoms with Crippen LogP contribution in [0, 0.1) is 0 Å². The van der Waals surface area contributed by atoms with Crippen molar-refractivity contribution in [3.63, 3.8) is 0 Å². The molecule has 31 heavy (non-hydrogen) atoms. The molecular formula is C22H19N3O5S. The molecule has 0 fully saturated rings. The molecule has 0 radical (unpaired) electrons. The molecule has 0 aliphatic carbocycles. The van der Waals surface area contributed by atoms with E-state index in [1.807, 2.05) is 6.92 Å². The average Bonchev–Trinajstić information content (AvgIpc) is 3.31. The van der Waals surface area contributed by atoms with Gasteiger partial charge in [0.1, 0.15) is 16.4 Å². The summed E-state index contributed by atoms with van der Waals surface area (Å²) in [6.45, 7) is 2.40. The highest BCUT2D eigenvalue weighted by molar-refractivity contribution is 7.12. The smallest absolute Gasteiger partial charge is 0.353 e. The number of esters is 1. The minimum atomic E-state index is -0.946. The van der Waals surface area contributed by atoms with Crippen molar-refractivity contribution in [1.82, 2.24) is 5.43 Å². The zero-order chi connectivity index (χ0) is 22.1. The van der Waals surface area contributed by atoms with Gasteiger partial charge >= 0.3 is 17.8 Å². The fourth-order valence-corrected chi connectivity index (χ4v) is 3.02. The summed E-state index contributed by atoms with van der Waals surface area (Å²) >= 11 is 1.27. The zero-order valence-electron chi connectivity index (χ0n) is 16.5. The molecule has 8 nitrogen and oxygen atoms in total. The fraction of sp³-hybridized carbons (Fsp3) is 0.0909. The van der Waals surface area contributed by atoms with Gasteiger partial charge in [0, 0.05) is 11.3 Å². The van der Waals surface area contributed by atoms with Crippen LogP contribution in [0.2, 0.25) is 0 Å². The highest BCUT2D eigenvalue weighted by Gasteiger charge is 2.14. The molecule has 2 N–H and O–H groups in total. The summed E-state index contributed by atoms with van der Waals surface area (Å²) in [5, 5.41) is 8.02. The predicted octanol–water partition coefficient (Wildman–Crippen LogP) is 3.45. The van der Waals surface area contributed by atoms with Crippen LogP contribution in [0.25, 0.3) is 0 Å². The summed E-state index contributed by atoms with van der Waals surface area (Å²) < 4.78 is 10.7. The van der Waals surface area contributed by atoms with Gasteiger partial charge in [0.05, 0.1) is 12.8 Å². The Morgan fingerprint density at radius 1 is 1.00 bits per heavy atom. The quantitative estimate of drug-likeness (QED) is 0.194. The average molecular weight is 437 g/mol. The molecule has 2 aromatic carbocycles. The number of hydrogen-bond donors (Lipinski definition) is 2. The molecule has 0 saturated carbocycles. The Labute approximate surface area is 182 Å². The molecule has 0 saturated heterocycles. The van der Waals surface area contributed by atoms with Crippen molar-refractivity contribution in [1.29, 1.82) is 0 Å². The number of nitrogens with zero attached hydrogens (tertiary/aromatic N) is 1. The molecule has 3 aromatic rings. The van der Waals surface area contributed by atoms with Gasteiger partial charge in [-0.15, -0.1) is 11.3 Å². The third-order valence-electron chi connectivity index (χ3n) is 3.84. The molecule has 0 bridgehead atoms. The van der Waals surface area contributed by atoms with Gasteiger partial charge in [-0.25, -0.2) is 10.2 Å². The van der Waals surface area contributed by atoms with Crippen molar-refractivity contribution in [2.45, 2.75) is 6.92 Å². The van der Waals surface area contributed by atoms with Gasteiger partial charge in [0.2, 0.25) is 0 Å². The van der Waals surface area contributed by atoms with E-state index in [0.29, 0.717) is 28.5 Å². The van der Waals surface area contributed by atoms with Crippen molar-refractivity contribution in [2.24, 2.45) is 5.10 Å². The maximum Gasteiger partial charge on any atom is 0.353 e. The third kappa shape index (κ3) is 6.25. The predicted molar refractivity (Wildman–Crippen MR) is 118 cm³/mol. The first-order valence-corrected chi connectivity index (χ1v) is 10.2. The van der Waals surface area contributed by atoms with Crippen molar-refractivity contribution in [2.75, 3.05) is 11.9 Å². The van der Waals surface area contributed by atoms with Crippen LogP contribution in [0.3, 0.4) is 0 Å². The molecule has 0 aliphatic rings. The van der Waals surface area contributed by atoms with E-state index in [-0.39, 0.29) is 5.75 Å². The Kier molecular flexibility index (Phi) is 7.50. The number of benzene rings is 2. The molecule has 1 heterocycles. The maximum absolute atomic E-state index is 12.1. The lowest BCUT2D eigenvalue weighted by Gasteiger charge is -2.07. The summed E-state index contributed by atoms with van der Waals surface area (Å²) in [6.07, 6.45) is 1.29. The summed E-state index contributed by atoms with van der Waals surface area (Å²) in [4.78, 5) is 36.6. The lowest BCUT2D eigenvalue weighted by atomic mass is 10.2. The number of ether oxygens (including phenoxy) is 2. The number of carbonyl (C=O) groups excluding carboxylic acids is 3. The van der Waals surface area contributed by atoms with Crippen molar-refractivity contribution < 1.29 is 23.9 Å². The highest BCUT2D eigenvalue weighted by atomic mass is 32.1. The van der Waals surface area contributed by atoms with E-state index < -0.39 is 17.8 Å². The summed E-state index contributed by atoms with van der Waals surface area (Å²) in [6, 6.07) is 16.7. The van der Waals surface area contributed by atoms with Crippen LogP contribution in [-0.2, 0) is 9.59 Å². The lowest BCUT2D eigenvalue weighted by molar-refractivity contribution is -0.136. The normalized spacial score (nSPS) is 10.5. The van der Waals surface area contributed by atoms with Crippen LogP contribution >= 0.6 is 11.3 Å². The summed E-state index contributed by atoms with van der Waals surface area (Å²) in [5.74, 6) is -1.38. The molecular weight excluding hydrogens is 418 g/mol. The van der Waals surface area contributed by atoms with Crippen LogP contribution in [0.5, 0.6) is 11.5 Å². The molecule has 0 unspecified atom stereocenters. The van der Waals surface area contributed by atoms with E-state index in [9.17, 15) is 14.4 Å². The lowest BCUT2D eigenvalue weighted by Crippen LogP contribution is -2.32. The number of hydrogen-bond acceptors (Lipinski definition) is 7. The standard InChI is InChI=1S/C22H19N3O5S/c1-2-29-17-11-9-16(10-12-17)24-20(26)21(27)25-23-14-15-6-3-4-7-18(15)30-22(28)19-8-5-13-31-19/h3-14H,2H2,1H3,(H,24,26)(H,25,27)/b23-14+. The van der Waals surface area contributed by atoms with Crippen molar-refractivity contribution in [3.05, 3.63) is 76.5 Å². The van der Waals surface area contributed by atoms with Gasteiger partial charge in [0.25, 0.3) is 0 Å². The Balaban J connectivity index is 1.56. The van der Waals surface area contributed by atoms with E-state index in [0.717, 1.165) is 0 Å². The second-order valence-electron chi connectivity index (χ2n) is 6.02. The van der Waals surface area contributed by atoms with Crippen LogP contribution in [-0.4, -0.2) is 30.6 Å². The summed E-state index contributed by atoms with van der Waals surface area (Å²) in [7, 11) is 0. The van der Waals surface area contributed by atoms with Crippen LogP contribution < -0.4 is 20.2 Å². The number of hydrazone groups is 1. The van der Waals surface area contributed by atoms with Gasteiger partial charge in [0.15, 0.2) is 0 Å². The van der Waals surface area contributed by atoms with Gasteiger partial charge in [-0.05, 0) is 54.8 Å². The molecule has 3 rings (SSSR count). The monoisotopic (exact) mass is 437 g/mol. The number of amides is 2. The minimum Gasteiger partial charge on any atom is -0.494 e. The minimum absolute atomic E-state index is 0.276. The van der Waals surface area contributed by atoms with Crippen LogP contribution in [0.1, 0.15) is 22.2 Å². The molecule has 158 valence electrons. The number of nitrogens with one attached hydrogen (secondary N) is 2. The van der Waals surface area contributed by atoms with Gasteiger partial charge in [-0.3, -0.25) is 9.59 Å². The molecule has 0 spiro atoms. The Morgan fingerprint density at radius 3 is 2.48 bits per heavy atom. The largest absolute Gasteiger partial charge is 0.494 e. The second kappa shape index (κ2) is 10.7. The number of rotatable bonds is 7. The summed E-state index contributed by atoms with van der Waals surface area (Å²) in [5.41, 5.74) is 3.05. The molecule has 9 heteroatoms. The Hall–Kier alpha value is -3.98. The van der Waals surface area contributed by atoms with Crippen LogP contribution in [0.15, 0.2) is 71.1 Å². The van der Waals surface area contributed by atoms with E-state index in [1.165, 1.54) is 17.6 Å². The number of anilines is 1. The van der Waals surface area contributed by atoms with Crippen molar-refractivity contribution >= 4 is 41.0 Å². The molecule has 0 atom stereocenters. The van der Waals surface area contributed by atoms with E-state index in [4.69, 9.17) is 9.47 Å². The fourth-order valence-electron chi connectivity index (χ4n) is 2.43. The maximum atomic E-state index is 12.1. The van der Waals surface area contributed by atoms with E-state index in [1.54, 1.807) is 66.0 Å². The first-order valence-electron chi connectivity index (χ1n) is 9.28. The van der Waals surface area contributed by atoms with Gasteiger partial charge < -0.3 is 14.8 Å². The first-order chi connectivity index (χ1) is 15.1.